The summed E-state index contributed by atoms with van der Waals surface area (Å²) in [6, 6.07) is 5.47. The number of rotatable bonds is 3. The number of piperidine rings is 1. The molecule has 0 amide bonds. The van der Waals surface area contributed by atoms with Gasteiger partial charge in [0.05, 0.1) is 17.5 Å². The van der Waals surface area contributed by atoms with Gasteiger partial charge < -0.3 is 10.1 Å². The standard InChI is InChI=1S/C13H18N4O3S.ClH/c14-17-12-5-3-6-13(11(12)8-16-21(17,18)19)20-9-10-4-1-2-7-15-10;/h3,5-6,8,10,15H,1-2,4,7,9,14H2;1H. The summed E-state index contributed by atoms with van der Waals surface area (Å²) >= 11 is 0. The van der Waals surface area contributed by atoms with Gasteiger partial charge in [-0.25, -0.2) is 5.84 Å². The minimum absolute atomic E-state index is 0. The Morgan fingerprint density at radius 3 is 2.95 bits per heavy atom. The number of ether oxygens (including phenoxy) is 1. The van der Waals surface area contributed by atoms with E-state index in [0.717, 1.165) is 13.0 Å². The summed E-state index contributed by atoms with van der Waals surface area (Å²) in [5.41, 5.74) is 0.963. The van der Waals surface area contributed by atoms with Crippen LogP contribution in [0.15, 0.2) is 22.6 Å². The van der Waals surface area contributed by atoms with Crippen molar-refractivity contribution >= 4 is 34.5 Å². The molecular weight excluding hydrogens is 328 g/mol. The molecule has 7 nitrogen and oxygen atoms in total. The molecule has 1 fully saturated rings. The SMILES string of the molecule is Cl.NN1c2cccc(OCC3CCCCN3)c2C=NS1(=O)=O. The van der Waals surface area contributed by atoms with E-state index >= 15 is 0 Å². The third-order valence-electron chi connectivity index (χ3n) is 3.70. The number of nitrogens with zero attached hydrogens (tertiary/aromatic N) is 2. The Morgan fingerprint density at radius 1 is 1.41 bits per heavy atom. The first-order chi connectivity index (χ1) is 10.1. The van der Waals surface area contributed by atoms with Crippen molar-refractivity contribution in [3.63, 3.8) is 0 Å². The van der Waals surface area contributed by atoms with Gasteiger partial charge in [0.2, 0.25) is 0 Å². The zero-order valence-electron chi connectivity index (χ0n) is 11.9. The molecular formula is C13H19ClN4O3S. The second kappa shape index (κ2) is 6.82. The second-order valence-electron chi connectivity index (χ2n) is 5.15. The molecule has 0 saturated carbocycles. The monoisotopic (exact) mass is 346 g/mol. The van der Waals surface area contributed by atoms with Gasteiger partial charge in [-0.05, 0) is 31.5 Å². The average Bonchev–Trinajstić information content (AvgIpc) is 2.50. The molecule has 2 aliphatic heterocycles. The second-order valence-corrected chi connectivity index (χ2v) is 6.65. The van der Waals surface area contributed by atoms with Crippen LogP contribution >= 0.6 is 12.4 Å². The summed E-state index contributed by atoms with van der Waals surface area (Å²) < 4.78 is 33.2. The number of benzene rings is 1. The molecule has 2 heterocycles. The van der Waals surface area contributed by atoms with Gasteiger partial charge in [0.1, 0.15) is 12.4 Å². The van der Waals surface area contributed by atoms with Crippen LogP contribution in [-0.4, -0.2) is 33.8 Å². The van der Waals surface area contributed by atoms with Gasteiger partial charge in [-0.1, -0.05) is 12.5 Å². The maximum Gasteiger partial charge on any atom is 0.358 e. The molecule has 1 saturated heterocycles. The van der Waals surface area contributed by atoms with Gasteiger partial charge in [-0.15, -0.1) is 12.4 Å². The molecule has 0 aromatic heterocycles. The predicted molar refractivity (Wildman–Crippen MR) is 88.0 cm³/mol. The first kappa shape index (κ1) is 17.0. The summed E-state index contributed by atoms with van der Waals surface area (Å²) in [7, 11) is -3.81. The van der Waals surface area contributed by atoms with E-state index in [1.165, 1.54) is 19.1 Å². The highest BCUT2D eigenvalue weighted by Crippen LogP contribution is 2.31. The van der Waals surface area contributed by atoms with E-state index < -0.39 is 10.2 Å². The molecule has 0 aliphatic carbocycles. The zero-order chi connectivity index (χ0) is 14.9. The molecule has 0 spiro atoms. The molecule has 1 aromatic rings. The van der Waals surface area contributed by atoms with Crippen molar-refractivity contribution in [2.24, 2.45) is 10.2 Å². The lowest BCUT2D eigenvalue weighted by Crippen LogP contribution is -2.39. The number of fused-ring (bicyclic) bond motifs is 1. The Hall–Kier alpha value is -1.35. The van der Waals surface area contributed by atoms with Crippen LogP contribution in [0.3, 0.4) is 0 Å². The van der Waals surface area contributed by atoms with E-state index in [0.29, 0.717) is 34.1 Å². The summed E-state index contributed by atoms with van der Waals surface area (Å²) in [5, 5.41) is 3.40. The number of halogens is 1. The highest BCUT2D eigenvalue weighted by atomic mass is 35.5. The van der Waals surface area contributed by atoms with Gasteiger partial charge in [0.25, 0.3) is 0 Å². The molecule has 22 heavy (non-hydrogen) atoms. The number of hydrazine groups is 1. The van der Waals surface area contributed by atoms with Crippen molar-refractivity contribution in [1.29, 1.82) is 0 Å². The highest BCUT2D eigenvalue weighted by molar-refractivity contribution is 7.91. The Balaban J connectivity index is 0.00000176. The fraction of sp³-hybridized carbons (Fsp3) is 0.462. The number of hydrogen-bond acceptors (Lipinski definition) is 5. The average molecular weight is 347 g/mol. The number of hydrogen-bond donors (Lipinski definition) is 2. The minimum atomic E-state index is -3.81. The minimum Gasteiger partial charge on any atom is -0.491 e. The van der Waals surface area contributed by atoms with E-state index in [9.17, 15) is 8.42 Å². The summed E-state index contributed by atoms with van der Waals surface area (Å²) in [6.07, 6.45) is 4.77. The first-order valence-electron chi connectivity index (χ1n) is 6.92. The van der Waals surface area contributed by atoms with Crippen LogP contribution in [0.5, 0.6) is 5.75 Å². The first-order valence-corrected chi connectivity index (χ1v) is 8.32. The van der Waals surface area contributed by atoms with Crippen molar-refractivity contribution in [3.8, 4) is 5.75 Å². The van der Waals surface area contributed by atoms with Crippen LogP contribution in [0.4, 0.5) is 5.69 Å². The van der Waals surface area contributed by atoms with Gasteiger partial charge in [0.15, 0.2) is 0 Å². The molecule has 0 bridgehead atoms. The number of nitrogens with two attached hydrogens (primary N) is 1. The van der Waals surface area contributed by atoms with Crippen LogP contribution in [0, 0.1) is 0 Å². The maximum atomic E-state index is 11.6. The topological polar surface area (TPSA) is 97.0 Å². The summed E-state index contributed by atoms with van der Waals surface area (Å²) in [6.45, 7) is 1.55. The van der Waals surface area contributed by atoms with E-state index in [-0.39, 0.29) is 12.4 Å². The van der Waals surface area contributed by atoms with Gasteiger partial charge in [-0.2, -0.15) is 17.2 Å². The lowest BCUT2D eigenvalue weighted by atomic mass is 10.1. The molecule has 1 atom stereocenters. The van der Waals surface area contributed by atoms with Crippen molar-refractivity contribution in [3.05, 3.63) is 23.8 Å². The lowest BCUT2D eigenvalue weighted by molar-refractivity contribution is 0.239. The summed E-state index contributed by atoms with van der Waals surface area (Å²) in [4.78, 5) is 0. The molecule has 2 aliphatic rings. The largest absolute Gasteiger partial charge is 0.491 e. The normalized spacial score (nSPS) is 22.6. The Kier molecular flexibility index (Phi) is 5.28. The van der Waals surface area contributed by atoms with E-state index in [1.54, 1.807) is 18.2 Å². The van der Waals surface area contributed by atoms with Crippen LogP contribution in [0.25, 0.3) is 0 Å². The van der Waals surface area contributed by atoms with Crippen LogP contribution in [-0.2, 0) is 10.2 Å². The Labute approximate surface area is 136 Å². The fourth-order valence-electron chi connectivity index (χ4n) is 2.53. The van der Waals surface area contributed by atoms with E-state index in [1.807, 2.05) is 0 Å². The van der Waals surface area contributed by atoms with Crippen LogP contribution in [0.2, 0.25) is 0 Å². The smallest absolute Gasteiger partial charge is 0.358 e. The molecule has 3 N–H and O–H groups in total. The molecule has 1 unspecified atom stereocenters. The number of nitrogens with one attached hydrogen (secondary N) is 1. The molecule has 0 radical (unpaired) electrons. The number of anilines is 1. The lowest BCUT2D eigenvalue weighted by Gasteiger charge is -2.26. The van der Waals surface area contributed by atoms with Crippen molar-refractivity contribution < 1.29 is 13.2 Å². The molecule has 9 heteroatoms. The Morgan fingerprint density at radius 2 is 2.23 bits per heavy atom. The van der Waals surface area contributed by atoms with Gasteiger partial charge >= 0.3 is 10.2 Å². The van der Waals surface area contributed by atoms with Crippen molar-refractivity contribution in [2.45, 2.75) is 25.3 Å². The van der Waals surface area contributed by atoms with Gasteiger partial charge in [-0.3, -0.25) is 0 Å². The third-order valence-corrected chi connectivity index (χ3v) is 4.76. The van der Waals surface area contributed by atoms with Crippen molar-refractivity contribution in [2.75, 3.05) is 17.6 Å². The van der Waals surface area contributed by atoms with Gasteiger partial charge in [0, 0.05) is 6.04 Å². The van der Waals surface area contributed by atoms with Crippen molar-refractivity contribution in [1.82, 2.24) is 5.32 Å². The molecule has 1 aromatic carbocycles. The predicted octanol–water partition coefficient (Wildman–Crippen LogP) is 0.987. The fourth-order valence-corrected chi connectivity index (χ4v) is 3.28. The highest BCUT2D eigenvalue weighted by Gasteiger charge is 2.26. The van der Waals surface area contributed by atoms with Crippen LogP contribution in [0.1, 0.15) is 24.8 Å². The zero-order valence-corrected chi connectivity index (χ0v) is 13.6. The van der Waals surface area contributed by atoms with E-state index in [4.69, 9.17) is 10.6 Å². The van der Waals surface area contributed by atoms with Crippen LogP contribution < -0.4 is 20.3 Å². The molecule has 3 rings (SSSR count). The quantitative estimate of drug-likeness (QED) is 0.795. The van der Waals surface area contributed by atoms with E-state index in [2.05, 4.69) is 9.71 Å². The maximum absolute atomic E-state index is 11.6. The Bertz CT molecular complexity index is 659. The third kappa shape index (κ3) is 3.35. The molecule has 122 valence electrons. The summed E-state index contributed by atoms with van der Waals surface area (Å²) in [5.74, 6) is 6.19.